The van der Waals surface area contributed by atoms with Gasteiger partial charge in [-0.05, 0) is 29.2 Å². The van der Waals surface area contributed by atoms with E-state index >= 15 is 0 Å². The lowest BCUT2D eigenvalue weighted by Gasteiger charge is -2.32. The molecule has 0 saturated heterocycles. The predicted molar refractivity (Wildman–Crippen MR) is 124 cm³/mol. The minimum Gasteiger partial charge on any atom is -0.382 e. The molecular formula is C26H36O6. The van der Waals surface area contributed by atoms with Crippen molar-refractivity contribution >= 4 is 0 Å². The van der Waals surface area contributed by atoms with Crippen LogP contribution in [-0.4, -0.2) is 80.3 Å². The molecule has 0 unspecified atom stereocenters. The molecule has 6 heteroatoms. The topological polar surface area (TPSA) is 55.4 Å². The van der Waals surface area contributed by atoms with Crippen molar-refractivity contribution in [3.05, 3.63) is 59.2 Å². The van der Waals surface area contributed by atoms with Gasteiger partial charge < -0.3 is 28.4 Å². The van der Waals surface area contributed by atoms with Crippen LogP contribution >= 0.6 is 0 Å². The highest BCUT2D eigenvalue weighted by Gasteiger charge is 2.43. The average molecular weight is 445 g/mol. The minimum atomic E-state index is -0.362. The van der Waals surface area contributed by atoms with Gasteiger partial charge in [0.25, 0.3) is 0 Å². The Morgan fingerprint density at radius 1 is 0.594 bits per heavy atom. The molecule has 0 bridgehead atoms. The average Bonchev–Trinajstić information content (AvgIpc) is 3.07. The summed E-state index contributed by atoms with van der Waals surface area (Å²) >= 11 is 0. The van der Waals surface area contributed by atoms with Crippen LogP contribution in [0.5, 0.6) is 0 Å². The van der Waals surface area contributed by atoms with E-state index in [9.17, 15) is 0 Å². The number of ether oxygens (including phenoxy) is 6. The van der Waals surface area contributed by atoms with E-state index in [4.69, 9.17) is 28.4 Å². The monoisotopic (exact) mass is 444 g/mol. The molecule has 0 aliphatic heterocycles. The number of fused-ring (bicyclic) bond motifs is 3. The first kappa shape index (κ1) is 24.8. The highest BCUT2D eigenvalue weighted by molar-refractivity contribution is 5.81. The Morgan fingerprint density at radius 3 is 1.75 bits per heavy atom. The van der Waals surface area contributed by atoms with Crippen molar-refractivity contribution in [1.29, 1.82) is 0 Å². The molecule has 2 aromatic carbocycles. The third kappa shape index (κ3) is 6.16. The molecule has 6 nitrogen and oxygen atoms in total. The summed E-state index contributed by atoms with van der Waals surface area (Å²) in [5.74, 6) is 0. The smallest absolute Gasteiger partial charge is 0.0701 e. The quantitative estimate of drug-likeness (QED) is 0.369. The Labute approximate surface area is 191 Å². The fraction of sp³-hybridized carbons (Fsp3) is 0.538. The lowest BCUT2D eigenvalue weighted by atomic mass is 9.79. The molecule has 0 N–H and O–H groups in total. The minimum absolute atomic E-state index is 0.362. The molecule has 0 heterocycles. The summed E-state index contributed by atoms with van der Waals surface area (Å²) in [5, 5.41) is 0. The Morgan fingerprint density at radius 2 is 1.12 bits per heavy atom. The van der Waals surface area contributed by atoms with Crippen LogP contribution in [0, 0.1) is 6.92 Å². The Bertz CT molecular complexity index is 804. The fourth-order valence-electron chi connectivity index (χ4n) is 4.15. The lowest BCUT2D eigenvalue weighted by Crippen LogP contribution is -2.37. The number of aryl methyl sites for hydroxylation is 1. The summed E-state index contributed by atoms with van der Waals surface area (Å²) in [5.41, 5.74) is 5.91. The van der Waals surface area contributed by atoms with E-state index in [-0.39, 0.29) is 5.41 Å². The van der Waals surface area contributed by atoms with Crippen LogP contribution in [-0.2, 0) is 33.8 Å². The van der Waals surface area contributed by atoms with E-state index in [1.165, 1.54) is 27.8 Å². The summed E-state index contributed by atoms with van der Waals surface area (Å²) < 4.78 is 33.5. The van der Waals surface area contributed by atoms with Crippen LogP contribution in [0.4, 0.5) is 0 Å². The van der Waals surface area contributed by atoms with Gasteiger partial charge in [-0.2, -0.15) is 0 Å². The first-order chi connectivity index (χ1) is 15.7. The summed E-state index contributed by atoms with van der Waals surface area (Å²) in [7, 11) is 3.34. The van der Waals surface area contributed by atoms with Crippen molar-refractivity contribution < 1.29 is 28.4 Å². The van der Waals surface area contributed by atoms with Gasteiger partial charge in [0, 0.05) is 14.2 Å². The zero-order valence-electron chi connectivity index (χ0n) is 19.6. The van der Waals surface area contributed by atoms with E-state index in [0.717, 1.165) is 0 Å². The van der Waals surface area contributed by atoms with Crippen LogP contribution < -0.4 is 0 Å². The van der Waals surface area contributed by atoms with Gasteiger partial charge in [0.2, 0.25) is 0 Å². The van der Waals surface area contributed by atoms with Crippen LogP contribution in [0.2, 0.25) is 0 Å². The molecule has 0 fully saturated rings. The van der Waals surface area contributed by atoms with Crippen molar-refractivity contribution in [2.45, 2.75) is 12.3 Å². The van der Waals surface area contributed by atoms with Crippen LogP contribution in [0.15, 0.2) is 42.5 Å². The van der Waals surface area contributed by atoms with E-state index in [1.54, 1.807) is 14.2 Å². The van der Waals surface area contributed by atoms with Crippen LogP contribution in [0.3, 0.4) is 0 Å². The molecule has 32 heavy (non-hydrogen) atoms. The van der Waals surface area contributed by atoms with Gasteiger partial charge in [-0.3, -0.25) is 0 Å². The van der Waals surface area contributed by atoms with Crippen molar-refractivity contribution in [2.24, 2.45) is 0 Å². The van der Waals surface area contributed by atoms with Crippen molar-refractivity contribution in [3.8, 4) is 11.1 Å². The molecule has 176 valence electrons. The summed E-state index contributed by atoms with van der Waals surface area (Å²) in [6, 6.07) is 15.2. The second-order valence-electron chi connectivity index (χ2n) is 7.99. The molecule has 0 saturated carbocycles. The summed E-state index contributed by atoms with van der Waals surface area (Å²) in [6.45, 7) is 7.62. The van der Waals surface area contributed by atoms with Gasteiger partial charge in [-0.15, -0.1) is 0 Å². The standard InChI is InChI=1S/C26H36O6/c1-21-8-9-25-23(18-21)22-6-4-5-7-24(22)26(25,19-31-16-14-29-12-10-27-2)20-32-17-15-30-13-11-28-3/h4-9,18H,10-17,19-20H2,1-3H3. The molecular weight excluding hydrogens is 408 g/mol. The number of hydrogen-bond donors (Lipinski definition) is 0. The lowest BCUT2D eigenvalue weighted by molar-refractivity contribution is -0.0144. The highest BCUT2D eigenvalue weighted by atomic mass is 16.5. The fourth-order valence-corrected chi connectivity index (χ4v) is 4.15. The van der Waals surface area contributed by atoms with E-state index < -0.39 is 0 Å². The normalized spacial score (nSPS) is 13.8. The van der Waals surface area contributed by atoms with E-state index in [2.05, 4.69) is 49.4 Å². The van der Waals surface area contributed by atoms with Crippen molar-refractivity contribution in [2.75, 3.05) is 80.3 Å². The molecule has 1 aliphatic rings. The first-order valence-corrected chi connectivity index (χ1v) is 11.2. The second kappa shape index (κ2) is 13.0. The molecule has 0 amide bonds. The third-order valence-electron chi connectivity index (χ3n) is 5.73. The number of rotatable bonds is 16. The highest BCUT2D eigenvalue weighted by Crippen LogP contribution is 2.49. The first-order valence-electron chi connectivity index (χ1n) is 11.2. The molecule has 2 aromatic rings. The number of methoxy groups -OCH3 is 2. The maximum atomic E-state index is 6.16. The maximum Gasteiger partial charge on any atom is 0.0701 e. The number of benzene rings is 2. The number of hydrogen-bond acceptors (Lipinski definition) is 6. The van der Waals surface area contributed by atoms with Gasteiger partial charge in [0.05, 0.1) is 71.5 Å². The van der Waals surface area contributed by atoms with Crippen molar-refractivity contribution in [1.82, 2.24) is 0 Å². The summed E-state index contributed by atoms with van der Waals surface area (Å²) in [6.07, 6.45) is 0. The molecule has 3 rings (SSSR count). The van der Waals surface area contributed by atoms with E-state index in [1.807, 2.05) is 0 Å². The molecule has 1 aliphatic carbocycles. The van der Waals surface area contributed by atoms with Gasteiger partial charge in [0.15, 0.2) is 0 Å². The zero-order valence-corrected chi connectivity index (χ0v) is 19.6. The SMILES string of the molecule is COCCOCCOCC1(COCCOCCOC)c2ccccc2-c2cc(C)ccc21. The summed E-state index contributed by atoms with van der Waals surface area (Å²) in [4.78, 5) is 0. The Balaban J connectivity index is 1.72. The Hall–Kier alpha value is -1.80. The molecule has 0 atom stereocenters. The molecule has 0 aromatic heterocycles. The van der Waals surface area contributed by atoms with E-state index in [0.29, 0.717) is 66.1 Å². The maximum absolute atomic E-state index is 6.16. The molecule has 0 spiro atoms. The van der Waals surface area contributed by atoms with Crippen LogP contribution in [0.25, 0.3) is 11.1 Å². The third-order valence-corrected chi connectivity index (χ3v) is 5.73. The van der Waals surface area contributed by atoms with Crippen molar-refractivity contribution in [3.63, 3.8) is 0 Å². The second-order valence-corrected chi connectivity index (χ2v) is 7.99. The van der Waals surface area contributed by atoms with Gasteiger partial charge in [-0.1, -0.05) is 48.0 Å². The zero-order chi connectivity index (χ0) is 22.7. The van der Waals surface area contributed by atoms with Gasteiger partial charge in [-0.25, -0.2) is 0 Å². The Kier molecular flexibility index (Phi) is 10.1. The molecule has 0 radical (unpaired) electrons. The predicted octanol–water partition coefficient (Wildman–Crippen LogP) is 3.62. The van der Waals surface area contributed by atoms with Gasteiger partial charge >= 0.3 is 0 Å². The van der Waals surface area contributed by atoms with Crippen LogP contribution in [0.1, 0.15) is 16.7 Å². The largest absolute Gasteiger partial charge is 0.382 e. The van der Waals surface area contributed by atoms with Gasteiger partial charge in [0.1, 0.15) is 0 Å².